The van der Waals surface area contributed by atoms with Gasteiger partial charge in [-0.25, -0.2) is 0 Å². The van der Waals surface area contributed by atoms with Crippen LogP contribution in [-0.2, 0) is 16.1 Å². The van der Waals surface area contributed by atoms with E-state index in [9.17, 15) is 9.90 Å². The van der Waals surface area contributed by atoms with Crippen molar-refractivity contribution in [3.8, 4) is 16.9 Å². The highest BCUT2D eigenvalue weighted by Gasteiger charge is 2.31. The van der Waals surface area contributed by atoms with Crippen LogP contribution in [-0.4, -0.2) is 50.5 Å². The summed E-state index contributed by atoms with van der Waals surface area (Å²) in [6.07, 6.45) is 2.81. The molecule has 2 fully saturated rings. The van der Waals surface area contributed by atoms with E-state index in [1.54, 1.807) is 14.2 Å². The molecule has 0 bridgehead atoms. The van der Waals surface area contributed by atoms with Gasteiger partial charge in [0.15, 0.2) is 0 Å². The van der Waals surface area contributed by atoms with E-state index in [0.717, 1.165) is 65.3 Å². The zero-order valence-electron chi connectivity index (χ0n) is 22.6. The number of methoxy groups -OCH3 is 2. The average molecular weight is 515 g/mol. The molecule has 0 spiro atoms. The quantitative estimate of drug-likeness (QED) is 0.425. The van der Waals surface area contributed by atoms with E-state index in [-0.39, 0.29) is 24.0 Å². The third kappa shape index (κ3) is 5.71. The predicted molar refractivity (Wildman–Crippen MR) is 152 cm³/mol. The van der Waals surface area contributed by atoms with E-state index < -0.39 is 0 Å². The van der Waals surface area contributed by atoms with Crippen molar-refractivity contribution in [2.45, 2.75) is 51.4 Å². The molecule has 1 saturated heterocycles. The summed E-state index contributed by atoms with van der Waals surface area (Å²) in [7, 11) is 3.44. The van der Waals surface area contributed by atoms with Crippen LogP contribution < -0.4 is 14.5 Å². The van der Waals surface area contributed by atoms with Gasteiger partial charge >= 0.3 is 0 Å². The van der Waals surface area contributed by atoms with Gasteiger partial charge in [-0.3, -0.25) is 4.79 Å². The maximum absolute atomic E-state index is 13.9. The van der Waals surface area contributed by atoms with Gasteiger partial charge in [0.2, 0.25) is 5.91 Å². The molecule has 200 valence electrons. The summed E-state index contributed by atoms with van der Waals surface area (Å²) >= 11 is 0. The smallest absolute Gasteiger partial charge is 0.230 e. The normalized spacial score (nSPS) is 19.6. The maximum atomic E-state index is 13.9. The van der Waals surface area contributed by atoms with Crippen LogP contribution in [0.4, 0.5) is 11.4 Å². The van der Waals surface area contributed by atoms with E-state index in [1.165, 1.54) is 0 Å². The number of aliphatic hydroxyl groups is 1. The lowest BCUT2D eigenvalue weighted by atomic mass is 9.86. The van der Waals surface area contributed by atoms with Crippen molar-refractivity contribution in [3.63, 3.8) is 0 Å². The average Bonchev–Trinajstić information content (AvgIpc) is 2.92. The van der Waals surface area contributed by atoms with Gasteiger partial charge in [-0.15, -0.1) is 0 Å². The van der Waals surface area contributed by atoms with Gasteiger partial charge in [0.1, 0.15) is 5.75 Å². The molecule has 0 atom stereocenters. The van der Waals surface area contributed by atoms with Crippen LogP contribution in [0.3, 0.4) is 0 Å². The molecule has 1 N–H and O–H groups in total. The van der Waals surface area contributed by atoms with Gasteiger partial charge in [0.05, 0.1) is 25.9 Å². The van der Waals surface area contributed by atoms with Crippen molar-refractivity contribution in [1.29, 1.82) is 0 Å². The first-order chi connectivity index (χ1) is 18.4. The number of carbonyl (C=O) groups is 1. The zero-order chi connectivity index (χ0) is 26.6. The molecule has 38 heavy (non-hydrogen) atoms. The fourth-order valence-electron chi connectivity index (χ4n) is 5.54. The molecule has 0 radical (unpaired) electrons. The highest BCUT2D eigenvalue weighted by molar-refractivity contribution is 5.95. The number of carbonyl (C=O) groups excluding carboxylic acids is 1. The number of amides is 1. The monoisotopic (exact) mass is 514 g/mol. The van der Waals surface area contributed by atoms with Crippen molar-refractivity contribution < 1.29 is 19.4 Å². The Morgan fingerprint density at radius 1 is 0.947 bits per heavy atom. The summed E-state index contributed by atoms with van der Waals surface area (Å²) in [6, 6.07) is 23.0. The van der Waals surface area contributed by atoms with E-state index >= 15 is 0 Å². The highest BCUT2D eigenvalue weighted by atomic mass is 16.5. The predicted octanol–water partition coefficient (Wildman–Crippen LogP) is 5.59. The van der Waals surface area contributed by atoms with Crippen LogP contribution in [0, 0.1) is 12.8 Å². The molecule has 6 heteroatoms. The number of aliphatic hydroxyl groups excluding tert-OH is 1. The first kappa shape index (κ1) is 26.3. The second kappa shape index (κ2) is 11.6. The lowest BCUT2D eigenvalue weighted by Gasteiger charge is -2.40. The molecule has 2 aliphatic rings. The zero-order valence-corrected chi connectivity index (χ0v) is 22.6. The third-order valence-electron chi connectivity index (χ3n) is 8.02. The Hall–Kier alpha value is -3.35. The number of hydrogen-bond acceptors (Lipinski definition) is 5. The molecule has 1 aliphatic heterocycles. The Morgan fingerprint density at radius 2 is 1.66 bits per heavy atom. The van der Waals surface area contributed by atoms with E-state index in [0.29, 0.717) is 19.4 Å². The Bertz CT molecular complexity index is 1240. The number of hydrogen-bond donors (Lipinski definition) is 1. The Morgan fingerprint density at radius 3 is 2.32 bits per heavy atom. The highest BCUT2D eigenvalue weighted by Crippen LogP contribution is 2.33. The lowest BCUT2D eigenvalue weighted by Crippen LogP contribution is -2.51. The fraction of sp³-hybridized carbons (Fsp3) is 0.406. The minimum atomic E-state index is -0.287. The molecule has 1 saturated carbocycles. The third-order valence-corrected chi connectivity index (χ3v) is 8.02. The first-order valence-corrected chi connectivity index (χ1v) is 13.6. The second-order valence-electron chi connectivity index (χ2n) is 10.6. The number of ether oxygens (including phenoxy) is 2. The van der Waals surface area contributed by atoms with Gasteiger partial charge in [0, 0.05) is 37.5 Å². The molecule has 0 aromatic heterocycles. The molecule has 3 aromatic rings. The summed E-state index contributed by atoms with van der Waals surface area (Å²) in [5, 5.41) is 9.99. The molecule has 5 rings (SSSR count). The van der Waals surface area contributed by atoms with Gasteiger partial charge in [0.25, 0.3) is 0 Å². The summed E-state index contributed by atoms with van der Waals surface area (Å²) in [5.74, 6) is 0.959. The summed E-state index contributed by atoms with van der Waals surface area (Å²) in [5.41, 5.74) is 6.47. The minimum absolute atomic E-state index is 0.0644. The largest absolute Gasteiger partial charge is 0.496 e. The van der Waals surface area contributed by atoms with Crippen molar-refractivity contribution in [3.05, 3.63) is 77.9 Å². The molecule has 3 aromatic carbocycles. The summed E-state index contributed by atoms with van der Waals surface area (Å²) < 4.78 is 10.9. The van der Waals surface area contributed by atoms with Crippen molar-refractivity contribution in [2.75, 3.05) is 37.1 Å². The van der Waals surface area contributed by atoms with Crippen LogP contribution in [0.25, 0.3) is 11.1 Å². The topological polar surface area (TPSA) is 62.2 Å². The molecule has 1 heterocycles. The number of nitrogens with zero attached hydrogens (tertiary/aromatic N) is 2. The SMILES string of the molecule is COc1ccc(-c2ccc(CN(C(=O)C3CCC(O)CC3)c3cccc(N4CC(OC)C4)c3)cc2)cc1C. The second-order valence-corrected chi connectivity index (χ2v) is 10.6. The van der Waals surface area contributed by atoms with E-state index in [4.69, 9.17) is 9.47 Å². The van der Waals surface area contributed by atoms with Crippen LogP contribution in [0.15, 0.2) is 66.7 Å². The van der Waals surface area contributed by atoms with Gasteiger partial charge < -0.3 is 24.4 Å². The molecular weight excluding hydrogens is 476 g/mol. The van der Waals surface area contributed by atoms with Crippen LogP contribution in [0.2, 0.25) is 0 Å². The molecule has 1 amide bonds. The maximum Gasteiger partial charge on any atom is 0.230 e. The molecular formula is C32H38N2O4. The standard InChI is InChI=1S/C32H38N2O4/c1-22-17-26(13-16-31(22)38-3)24-9-7-23(8-10-24)19-34(32(36)25-11-14-29(35)15-12-25)28-6-4-5-27(18-28)33-20-30(21-33)37-2/h4-10,13,16-18,25,29-30,35H,11-12,14-15,19-21H2,1-3H3. The lowest BCUT2D eigenvalue weighted by molar-refractivity contribution is -0.124. The number of rotatable bonds is 8. The van der Waals surface area contributed by atoms with Crippen LogP contribution >= 0.6 is 0 Å². The number of aryl methyl sites for hydroxylation is 1. The minimum Gasteiger partial charge on any atom is -0.496 e. The summed E-state index contributed by atoms with van der Waals surface area (Å²) in [4.78, 5) is 18.1. The summed E-state index contributed by atoms with van der Waals surface area (Å²) in [6.45, 7) is 4.28. The van der Waals surface area contributed by atoms with E-state index in [1.807, 2.05) is 30.0 Å². The van der Waals surface area contributed by atoms with Gasteiger partial charge in [-0.05, 0) is 85.2 Å². The molecule has 6 nitrogen and oxygen atoms in total. The van der Waals surface area contributed by atoms with Gasteiger partial charge in [-0.1, -0.05) is 36.4 Å². The number of benzene rings is 3. The van der Waals surface area contributed by atoms with Crippen LogP contribution in [0.1, 0.15) is 36.8 Å². The Labute approximate surface area is 225 Å². The van der Waals surface area contributed by atoms with Crippen molar-refractivity contribution in [2.24, 2.45) is 5.92 Å². The van der Waals surface area contributed by atoms with Crippen molar-refractivity contribution in [1.82, 2.24) is 0 Å². The molecule has 0 unspecified atom stereocenters. The molecule has 1 aliphatic carbocycles. The fourth-order valence-corrected chi connectivity index (χ4v) is 5.54. The Kier molecular flexibility index (Phi) is 8.01. The van der Waals surface area contributed by atoms with E-state index in [2.05, 4.69) is 53.4 Å². The van der Waals surface area contributed by atoms with Crippen LogP contribution in [0.5, 0.6) is 5.75 Å². The van der Waals surface area contributed by atoms with Crippen molar-refractivity contribution >= 4 is 17.3 Å². The Balaban J connectivity index is 1.38. The number of anilines is 2. The van der Waals surface area contributed by atoms with Gasteiger partial charge in [-0.2, -0.15) is 0 Å². The first-order valence-electron chi connectivity index (χ1n) is 13.6.